The van der Waals surface area contributed by atoms with Crippen molar-refractivity contribution < 1.29 is 9.59 Å². The molecular weight excluding hydrogens is 292 g/mol. The van der Waals surface area contributed by atoms with Crippen LogP contribution in [-0.4, -0.2) is 21.6 Å². The van der Waals surface area contributed by atoms with Crippen LogP contribution in [0.3, 0.4) is 0 Å². The Morgan fingerprint density at radius 3 is 2.65 bits per heavy atom. The van der Waals surface area contributed by atoms with Crippen LogP contribution < -0.4 is 10.9 Å². The number of carbonyl (C=O) groups excluding carboxylic acids is 2. The fourth-order valence-corrected chi connectivity index (χ4v) is 2.92. The molecule has 0 fully saturated rings. The fraction of sp³-hybridized carbons (Fsp3) is 0.353. The lowest BCUT2D eigenvalue weighted by Gasteiger charge is -2.09. The molecule has 0 spiro atoms. The number of aromatic nitrogens is 2. The quantitative estimate of drug-likeness (QED) is 0.842. The summed E-state index contributed by atoms with van der Waals surface area (Å²) in [4.78, 5) is 24.0. The van der Waals surface area contributed by atoms with Crippen molar-refractivity contribution in [1.82, 2.24) is 20.6 Å². The lowest BCUT2D eigenvalue weighted by atomic mass is 10.1. The van der Waals surface area contributed by atoms with E-state index in [1.807, 2.05) is 32.0 Å². The van der Waals surface area contributed by atoms with Crippen LogP contribution in [-0.2, 0) is 24.2 Å². The Hall–Kier alpha value is -2.63. The maximum Gasteiger partial charge on any atom is 0.269 e. The molecule has 1 aliphatic carbocycles. The molecule has 0 aliphatic heterocycles. The Morgan fingerprint density at radius 2 is 1.91 bits per heavy atom. The summed E-state index contributed by atoms with van der Waals surface area (Å²) >= 11 is 0. The molecule has 2 N–H and O–H groups in total. The van der Waals surface area contributed by atoms with Crippen molar-refractivity contribution in [2.45, 2.75) is 39.7 Å². The first kappa shape index (κ1) is 15.3. The summed E-state index contributed by atoms with van der Waals surface area (Å²) in [7, 11) is 0. The Kier molecular flexibility index (Phi) is 4.14. The monoisotopic (exact) mass is 312 g/mol. The highest BCUT2D eigenvalue weighted by Crippen LogP contribution is 2.22. The third-order valence-electron chi connectivity index (χ3n) is 4.07. The van der Waals surface area contributed by atoms with E-state index in [4.69, 9.17) is 0 Å². The van der Waals surface area contributed by atoms with Crippen molar-refractivity contribution in [2.75, 3.05) is 0 Å². The Balaban J connectivity index is 1.56. The molecule has 0 bridgehead atoms. The molecule has 0 radical (unpaired) electrons. The second-order valence-corrected chi connectivity index (χ2v) is 5.92. The second-order valence-electron chi connectivity index (χ2n) is 5.92. The van der Waals surface area contributed by atoms with Crippen LogP contribution in [0.15, 0.2) is 24.3 Å². The zero-order chi connectivity index (χ0) is 16.4. The van der Waals surface area contributed by atoms with E-state index < -0.39 is 0 Å². The van der Waals surface area contributed by atoms with Gasteiger partial charge in [-0.3, -0.25) is 25.1 Å². The molecule has 0 saturated heterocycles. The first-order valence-corrected chi connectivity index (χ1v) is 7.75. The third kappa shape index (κ3) is 3.41. The van der Waals surface area contributed by atoms with Gasteiger partial charge in [0.05, 0.1) is 5.69 Å². The lowest BCUT2D eigenvalue weighted by Crippen LogP contribution is -2.43. The maximum absolute atomic E-state index is 12.1. The van der Waals surface area contributed by atoms with Crippen LogP contribution in [0.1, 0.15) is 39.3 Å². The zero-order valence-electron chi connectivity index (χ0n) is 13.3. The number of hydrogen-bond acceptors (Lipinski definition) is 3. The van der Waals surface area contributed by atoms with Crippen molar-refractivity contribution >= 4 is 11.8 Å². The molecule has 1 heterocycles. The molecule has 1 aromatic heterocycles. The minimum absolute atomic E-state index is 0.0736. The van der Waals surface area contributed by atoms with E-state index in [0.717, 1.165) is 30.7 Å². The highest BCUT2D eigenvalue weighted by Gasteiger charge is 2.14. The van der Waals surface area contributed by atoms with Crippen molar-refractivity contribution in [3.8, 4) is 0 Å². The van der Waals surface area contributed by atoms with Crippen molar-refractivity contribution in [3.63, 3.8) is 0 Å². The third-order valence-corrected chi connectivity index (χ3v) is 4.07. The Morgan fingerprint density at radius 1 is 1.13 bits per heavy atom. The smallest absolute Gasteiger partial charge is 0.269 e. The van der Waals surface area contributed by atoms with Gasteiger partial charge in [-0.15, -0.1) is 0 Å². The van der Waals surface area contributed by atoms with E-state index in [9.17, 15) is 9.59 Å². The predicted octanol–water partition coefficient (Wildman–Crippen LogP) is 1.45. The summed E-state index contributed by atoms with van der Waals surface area (Å²) < 4.78 is 1.60. The number of benzene rings is 1. The minimum atomic E-state index is -0.314. The van der Waals surface area contributed by atoms with Gasteiger partial charge in [-0.05, 0) is 62.4 Å². The molecule has 0 saturated carbocycles. The summed E-state index contributed by atoms with van der Waals surface area (Å²) in [6.07, 6.45) is 3.23. The zero-order valence-corrected chi connectivity index (χ0v) is 13.3. The summed E-state index contributed by atoms with van der Waals surface area (Å²) in [5.41, 5.74) is 9.77. The van der Waals surface area contributed by atoms with Crippen molar-refractivity contribution in [3.05, 3.63) is 52.3 Å². The lowest BCUT2D eigenvalue weighted by molar-refractivity contribution is -0.122. The number of nitrogens with zero attached hydrogens (tertiary/aromatic N) is 2. The van der Waals surface area contributed by atoms with E-state index in [2.05, 4.69) is 16.0 Å². The molecular formula is C17H20N4O2. The Bertz CT molecular complexity index is 764. The molecule has 23 heavy (non-hydrogen) atoms. The first-order chi connectivity index (χ1) is 11.0. The van der Waals surface area contributed by atoms with E-state index in [1.54, 1.807) is 10.7 Å². The molecule has 2 amide bonds. The molecule has 0 unspecified atom stereocenters. The average Bonchev–Trinajstić information content (AvgIpc) is 3.10. The fourth-order valence-electron chi connectivity index (χ4n) is 2.92. The number of nitrogens with one attached hydrogen (secondary N) is 2. The molecule has 6 heteroatoms. The van der Waals surface area contributed by atoms with Crippen LogP contribution in [0, 0.1) is 13.8 Å². The van der Waals surface area contributed by atoms with Gasteiger partial charge in [-0.25, -0.2) is 0 Å². The molecule has 2 aromatic rings. The van der Waals surface area contributed by atoms with Crippen LogP contribution >= 0.6 is 0 Å². The van der Waals surface area contributed by atoms with Crippen LogP contribution in [0.25, 0.3) is 0 Å². The minimum Gasteiger partial charge on any atom is -0.271 e. The SMILES string of the molecule is Cc1cc(C)n(CC(=O)NNC(=O)c2ccc3c(c2)CCC3)n1. The van der Waals surface area contributed by atoms with E-state index in [0.29, 0.717) is 5.56 Å². The molecule has 1 aliphatic rings. The largest absolute Gasteiger partial charge is 0.271 e. The molecule has 1 aromatic carbocycles. The van der Waals surface area contributed by atoms with E-state index in [-0.39, 0.29) is 18.4 Å². The van der Waals surface area contributed by atoms with Gasteiger partial charge in [0.15, 0.2) is 0 Å². The molecule has 6 nitrogen and oxygen atoms in total. The van der Waals surface area contributed by atoms with Gasteiger partial charge < -0.3 is 0 Å². The number of carbonyl (C=O) groups is 2. The number of hydrazine groups is 1. The van der Waals surface area contributed by atoms with Gasteiger partial charge >= 0.3 is 0 Å². The summed E-state index contributed by atoms with van der Waals surface area (Å²) in [5.74, 6) is -0.618. The topological polar surface area (TPSA) is 76.0 Å². The average molecular weight is 312 g/mol. The van der Waals surface area contributed by atoms with E-state index >= 15 is 0 Å². The highest BCUT2D eigenvalue weighted by atomic mass is 16.2. The first-order valence-electron chi connectivity index (χ1n) is 7.75. The van der Waals surface area contributed by atoms with Crippen LogP contribution in [0.5, 0.6) is 0 Å². The van der Waals surface area contributed by atoms with Gasteiger partial charge in [0, 0.05) is 11.3 Å². The number of hydrogen-bond donors (Lipinski definition) is 2. The maximum atomic E-state index is 12.1. The van der Waals surface area contributed by atoms with E-state index in [1.165, 1.54) is 11.1 Å². The summed E-state index contributed by atoms with van der Waals surface area (Å²) in [6.45, 7) is 3.83. The summed E-state index contributed by atoms with van der Waals surface area (Å²) in [5, 5.41) is 4.22. The van der Waals surface area contributed by atoms with Gasteiger partial charge in [-0.1, -0.05) is 6.07 Å². The molecule has 0 atom stereocenters. The number of amides is 2. The standard InChI is InChI=1S/C17H20N4O2/c1-11-8-12(2)21(20-11)10-16(22)18-19-17(23)15-7-6-13-4-3-5-14(13)9-15/h6-9H,3-5,10H2,1-2H3,(H,18,22)(H,19,23). The molecule has 120 valence electrons. The predicted molar refractivity (Wildman–Crippen MR) is 85.8 cm³/mol. The normalized spacial score (nSPS) is 12.8. The number of fused-ring (bicyclic) bond motifs is 1. The molecule has 3 rings (SSSR count). The number of rotatable bonds is 3. The Labute approximate surface area is 134 Å². The van der Waals surface area contributed by atoms with Gasteiger partial charge in [0.2, 0.25) is 0 Å². The van der Waals surface area contributed by atoms with Crippen molar-refractivity contribution in [1.29, 1.82) is 0 Å². The van der Waals surface area contributed by atoms with Gasteiger partial charge in [0.25, 0.3) is 11.8 Å². The summed E-state index contributed by atoms with van der Waals surface area (Å²) in [6, 6.07) is 7.60. The highest BCUT2D eigenvalue weighted by molar-refractivity contribution is 5.95. The van der Waals surface area contributed by atoms with Gasteiger partial charge in [-0.2, -0.15) is 5.10 Å². The van der Waals surface area contributed by atoms with Crippen molar-refractivity contribution in [2.24, 2.45) is 0 Å². The second kappa shape index (κ2) is 6.24. The number of aryl methyl sites for hydroxylation is 4. The van der Waals surface area contributed by atoms with Crippen LogP contribution in [0.2, 0.25) is 0 Å². The van der Waals surface area contributed by atoms with Gasteiger partial charge in [0.1, 0.15) is 6.54 Å². The van der Waals surface area contributed by atoms with Crippen LogP contribution in [0.4, 0.5) is 0 Å².